The number of ether oxygens (including phenoxy) is 3. The second-order valence-electron chi connectivity index (χ2n) is 10.4. The van der Waals surface area contributed by atoms with Crippen molar-refractivity contribution in [3.8, 4) is 5.75 Å². The van der Waals surface area contributed by atoms with E-state index in [2.05, 4.69) is 39.5 Å². The molecule has 0 unspecified atom stereocenters. The maximum atomic E-state index is 13.9. The number of allylic oxidation sites excluding steroid dienone is 1. The molecular formula is C33H35BrN2O5. The summed E-state index contributed by atoms with van der Waals surface area (Å²) in [7, 11) is 0. The Balaban J connectivity index is 1.30. The van der Waals surface area contributed by atoms with Crippen LogP contribution in [0.2, 0.25) is 0 Å². The van der Waals surface area contributed by atoms with Gasteiger partial charge in [-0.05, 0) is 66.6 Å². The number of benzene rings is 3. The molecule has 0 radical (unpaired) electrons. The zero-order valence-corrected chi connectivity index (χ0v) is 24.5. The fraction of sp³-hybridized carbons (Fsp3) is 0.333. The number of nitrogens with zero attached hydrogens (tertiary/aromatic N) is 1. The number of nitrogens with one attached hydrogen (secondary N) is 1. The van der Waals surface area contributed by atoms with E-state index in [0.29, 0.717) is 32.6 Å². The average Bonchev–Trinajstić information content (AvgIpc) is 3.41. The van der Waals surface area contributed by atoms with Gasteiger partial charge in [-0.3, -0.25) is 4.79 Å². The summed E-state index contributed by atoms with van der Waals surface area (Å²) in [5.41, 5.74) is 3.14. The highest BCUT2D eigenvalue weighted by Crippen LogP contribution is 2.25. The lowest BCUT2D eigenvalue weighted by Crippen LogP contribution is -2.51. The molecule has 0 aliphatic carbocycles. The Morgan fingerprint density at radius 2 is 1.78 bits per heavy atom. The van der Waals surface area contributed by atoms with Gasteiger partial charge in [0, 0.05) is 11.0 Å². The number of amides is 2. The van der Waals surface area contributed by atoms with Crippen molar-refractivity contribution in [3.05, 3.63) is 112 Å². The van der Waals surface area contributed by atoms with E-state index in [9.17, 15) is 9.59 Å². The molecule has 5 rings (SSSR count). The molecule has 214 valence electrons. The van der Waals surface area contributed by atoms with E-state index in [1.165, 1.54) is 5.56 Å². The van der Waals surface area contributed by atoms with Crippen molar-refractivity contribution in [2.45, 2.75) is 57.1 Å². The highest BCUT2D eigenvalue weighted by molar-refractivity contribution is 9.10. The number of carbonyl (C=O) groups excluding carboxylic acids is 2. The zero-order chi connectivity index (χ0) is 28.4. The van der Waals surface area contributed by atoms with Crippen LogP contribution < -0.4 is 10.1 Å². The molecule has 1 saturated heterocycles. The summed E-state index contributed by atoms with van der Waals surface area (Å²) < 4.78 is 18.9. The lowest BCUT2D eigenvalue weighted by Gasteiger charge is -2.29. The van der Waals surface area contributed by atoms with E-state index < -0.39 is 12.1 Å². The highest BCUT2D eigenvalue weighted by atomic mass is 79.9. The summed E-state index contributed by atoms with van der Waals surface area (Å²) in [6.07, 6.45) is 5.95. The van der Waals surface area contributed by atoms with Crippen molar-refractivity contribution < 1.29 is 23.8 Å². The van der Waals surface area contributed by atoms with Gasteiger partial charge >= 0.3 is 6.09 Å². The fourth-order valence-corrected chi connectivity index (χ4v) is 5.39. The van der Waals surface area contributed by atoms with Gasteiger partial charge in [-0.25, -0.2) is 4.79 Å². The third kappa shape index (κ3) is 8.44. The van der Waals surface area contributed by atoms with Crippen molar-refractivity contribution in [2.24, 2.45) is 0 Å². The van der Waals surface area contributed by atoms with Crippen LogP contribution in [-0.2, 0) is 33.9 Å². The zero-order valence-electron chi connectivity index (χ0n) is 22.9. The Kier molecular flexibility index (Phi) is 10.1. The van der Waals surface area contributed by atoms with E-state index in [1.807, 2.05) is 72.8 Å². The smallest absolute Gasteiger partial charge is 0.408 e. The minimum absolute atomic E-state index is 0.132. The first-order chi connectivity index (χ1) is 20.0. The van der Waals surface area contributed by atoms with Gasteiger partial charge in [0.15, 0.2) is 0 Å². The molecule has 0 saturated carbocycles. The molecular weight excluding hydrogens is 584 g/mol. The first-order valence-corrected chi connectivity index (χ1v) is 14.8. The van der Waals surface area contributed by atoms with Gasteiger partial charge in [0.1, 0.15) is 25.0 Å². The summed E-state index contributed by atoms with van der Waals surface area (Å²) in [4.78, 5) is 28.5. The van der Waals surface area contributed by atoms with Crippen molar-refractivity contribution in [1.82, 2.24) is 10.2 Å². The number of fused-ring (bicyclic) bond motifs is 3. The Bertz CT molecular complexity index is 1330. The Morgan fingerprint density at radius 3 is 2.61 bits per heavy atom. The molecule has 3 aromatic rings. The Morgan fingerprint density at radius 1 is 0.976 bits per heavy atom. The van der Waals surface area contributed by atoms with Gasteiger partial charge in [0.05, 0.1) is 18.8 Å². The van der Waals surface area contributed by atoms with Crippen molar-refractivity contribution >= 4 is 27.9 Å². The standard InChI is InChI=1S/C33H35BrN2O5/c34-27-16-14-26(15-17-27)21-39-30-19-28-23-40-29-12-7-11-24(18-29)8-3-2-6-13-31(32(37)36(28)20-30)35-33(38)41-22-25-9-4-1-5-10-25/h1-2,4-7,9-12,14-18,28,30-31H,3,8,13,19-23H2,(H,35,38)/b6-2+/t28-,30-,31-/m0/s1. The van der Waals surface area contributed by atoms with Crippen LogP contribution in [0.4, 0.5) is 4.79 Å². The highest BCUT2D eigenvalue weighted by Gasteiger charge is 2.39. The normalized spacial score (nSPS) is 21.7. The van der Waals surface area contributed by atoms with Gasteiger partial charge in [-0.15, -0.1) is 0 Å². The monoisotopic (exact) mass is 618 g/mol. The maximum absolute atomic E-state index is 13.9. The summed E-state index contributed by atoms with van der Waals surface area (Å²) in [6, 6.07) is 24.6. The average molecular weight is 620 g/mol. The number of hydrogen-bond donors (Lipinski definition) is 1. The third-order valence-electron chi connectivity index (χ3n) is 7.34. The Hall–Kier alpha value is -3.62. The molecule has 2 aliphatic heterocycles. The summed E-state index contributed by atoms with van der Waals surface area (Å²) >= 11 is 3.47. The number of carbonyl (C=O) groups is 2. The molecule has 2 heterocycles. The van der Waals surface area contributed by atoms with Crippen molar-refractivity contribution in [1.29, 1.82) is 0 Å². The molecule has 7 nitrogen and oxygen atoms in total. The van der Waals surface area contributed by atoms with Gasteiger partial charge in [0.25, 0.3) is 0 Å². The Labute approximate surface area is 249 Å². The quantitative estimate of drug-likeness (QED) is 0.333. The first-order valence-electron chi connectivity index (χ1n) is 14.0. The number of rotatable bonds is 6. The van der Waals surface area contributed by atoms with Crippen molar-refractivity contribution in [2.75, 3.05) is 13.2 Å². The van der Waals surface area contributed by atoms with Crippen LogP contribution in [0.15, 0.2) is 95.5 Å². The molecule has 3 atom stereocenters. The van der Waals surface area contributed by atoms with E-state index in [4.69, 9.17) is 14.2 Å². The summed E-state index contributed by atoms with van der Waals surface area (Å²) in [6.45, 7) is 1.35. The molecule has 1 N–H and O–H groups in total. The molecule has 8 heteroatoms. The van der Waals surface area contributed by atoms with Crippen LogP contribution in [-0.4, -0.2) is 48.2 Å². The van der Waals surface area contributed by atoms with Crippen LogP contribution in [0.25, 0.3) is 0 Å². The lowest BCUT2D eigenvalue weighted by atomic mass is 10.1. The number of hydrogen-bond acceptors (Lipinski definition) is 5. The minimum Gasteiger partial charge on any atom is -0.491 e. The topological polar surface area (TPSA) is 77.1 Å². The maximum Gasteiger partial charge on any atom is 0.408 e. The van der Waals surface area contributed by atoms with E-state index in [-0.39, 0.29) is 24.7 Å². The molecule has 0 aromatic heterocycles. The first kappa shape index (κ1) is 28.9. The SMILES string of the molecule is O=C(N[C@H]1C/C=C/CCc2cccc(c2)OC[C@@H]2C[C@H](OCc3ccc(Br)cc3)CN2C1=O)OCc1ccccc1. The van der Waals surface area contributed by atoms with Crippen LogP contribution >= 0.6 is 15.9 Å². The van der Waals surface area contributed by atoms with E-state index in [0.717, 1.165) is 34.2 Å². The van der Waals surface area contributed by atoms with Gasteiger partial charge < -0.3 is 24.4 Å². The predicted octanol–water partition coefficient (Wildman–Crippen LogP) is 6.20. The summed E-state index contributed by atoms with van der Waals surface area (Å²) in [5.74, 6) is 0.620. The summed E-state index contributed by atoms with van der Waals surface area (Å²) in [5, 5.41) is 2.83. The molecule has 2 aliphatic rings. The second kappa shape index (κ2) is 14.3. The van der Waals surface area contributed by atoms with E-state index >= 15 is 0 Å². The number of aryl methyl sites for hydroxylation is 1. The van der Waals surface area contributed by atoms with Crippen LogP contribution in [0.1, 0.15) is 36.0 Å². The molecule has 1 fully saturated rings. The van der Waals surface area contributed by atoms with Crippen LogP contribution in [0, 0.1) is 0 Å². The van der Waals surface area contributed by atoms with Crippen LogP contribution in [0.5, 0.6) is 5.75 Å². The largest absolute Gasteiger partial charge is 0.491 e. The molecule has 0 spiro atoms. The van der Waals surface area contributed by atoms with Crippen molar-refractivity contribution in [3.63, 3.8) is 0 Å². The molecule has 3 aromatic carbocycles. The number of alkyl carbamates (subject to hydrolysis) is 1. The third-order valence-corrected chi connectivity index (χ3v) is 7.87. The minimum atomic E-state index is -0.761. The lowest BCUT2D eigenvalue weighted by molar-refractivity contribution is -0.135. The molecule has 41 heavy (non-hydrogen) atoms. The van der Waals surface area contributed by atoms with Gasteiger partial charge in [-0.1, -0.05) is 82.7 Å². The number of halogens is 1. The second-order valence-corrected chi connectivity index (χ2v) is 11.3. The van der Waals surface area contributed by atoms with Crippen LogP contribution in [0.3, 0.4) is 0 Å². The van der Waals surface area contributed by atoms with Gasteiger partial charge in [0.2, 0.25) is 5.91 Å². The molecule has 2 amide bonds. The predicted molar refractivity (Wildman–Crippen MR) is 160 cm³/mol. The van der Waals surface area contributed by atoms with Gasteiger partial charge in [-0.2, -0.15) is 0 Å². The molecule has 2 bridgehead atoms. The van der Waals surface area contributed by atoms with E-state index in [1.54, 1.807) is 4.90 Å². The fourth-order valence-electron chi connectivity index (χ4n) is 5.13.